The molecule has 0 spiro atoms. The van der Waals surface area contributed by atoms with Crippen molar-refractivity contribution in [3.8, 4) is 0 Å². The summed E-state index contributed by atoms with van der Waals surface area (Å²) in [5, 5.41) is 0. The molecule has 0 aromatic carbocycles. The van der Waals surface area contributed by atoms with Crippen molar-refractivity contribution >= 4 is 5.91 Å². The van der Waals surface area contributed by atoms with Crippen LogP contribution >= 0.6 is 0 Å². The summed E-state index contributed by atoms with van der Waals surface area (Å²) in [4.78, 5) is 21.5. The highest BCUT2D eigenvalue weighted by Gasteiger charge is 2.35. The summed E-state index contributed by atoms with van der Waals surface area (Å²) in [7, 11) is 2.12. The zero-order valence-electron chi connectivity index (χ0n) is 13.0. The maximum atomic E-state index is 12.9. The standard InChI is InChI=1S/C16H23N3O2/c1-11-4-14(5-17-12(11)2)16(20)19-7-13-6-18(3)8-15(19)10-21-9-13/h4-5,13,15H,6-10H2,1-3H3/t13-,15-/m0/s1. The molecule has 2 atom stereocenters. The fraction of sp³-hybridized carbons (Fsp3) is 0.625. The van der Waals surface area contributed by atoms with Crippen LogP contribution in [0.2, 0.25) is 0 Å². The molecule has 5 heteroatoms. The van der Waals surface area contributed by atoms with Crippen LogP contribution in [-0.2, 0) is 4.74 Å². The molecule has 5 nitrogen and oxygen atoms in total. The average molecular weight is 289 g/mol. The molecular weight excluding hydrogens is 266 g/mol. The summed E-state index contributed by atoms with van der Waals surface area (Å²) in [6, 6.07) is 2.08. The smallest absolute Gasteiger partial charge is 0.255 e. The predicted octanol–water partition coefficient (Wildman–Crippen LogP) is 1.10. The van der Waals surface area contributed by atoms with Gasteiger partial charge in [-0.25, -0.2) is 0 Å². The number of ether oxygens (including phenoxy) is 1. The summed E-state index contributed by atoms with van der Waals surface area (Å²) in [6.45, 7) is 7.98. The number of carbonyl (C=O) groups is 1. The minimum absolute atomic E-state index is 0.0846. The lowest BCUT2D eigenvalue weighted by molar-refractivity contribution is 0.0483. The van der Waals surface area contributed by atoms with Crippen molar-refractivity contribution in [2.24, 2.45) is 5.92 Å². The molecule has 2 aliphatic rings. The molecule has 3 rings (SSSR count). The summed E-state index contributed by atoms with van der Waals surface area (Å²) in [5.41, 5.74) is 2.73. The second-order valence-corrected chi connectivity index (χ2v) is 6.36. The van der Waals surface area contributed by atoms with Crippen LogP contribution in [0.25, 0.3) is 0 Å². The third-order valence-electron chi connectivity index (χ3n) is 4.50. The minimum Gasteiger partial charge on any atom is -0.379 e. The van der Waals surface area contributed by atoms with E-state index in [-0.39, 0.29) is 11.9 Å². The molecule has 2 bridgehead atoms. The van der Waals surface area contributed by atoms with Crippen LogP contribution in [0.4, 0.5) is 0 Å². The first kappa shape index (κ1) is 14.5. The maximum absolute atomic E-state index is 12.9. The topological polar surface area (TPSA) is 45.7 Å². The number of rotatable bonds is 1. The van der Waals surface area contributed by atoms with Gasteiger partial charge in [0.25, 0.3) is 5.91 Å². The van der Waals surface area contributed by atoms with Gasteiger partial charge in [-0.2, -0.15) is 0 Å². The van der Waals surface area contributed by atoms with Crippen molar-refractivity contribution in [2.75, 3.05) is 39.9 Å². The first-order valence-corrected chi connectivity index (χ1v) is 7.55. The Balaban J connectivity index is 1.87. The zero-order chi connectivity index (χ0) is 15.0. The molecule has 21 heavy (non-hydrogen) atoms. The Kier molecular flexibility index (Phi) is 3.95. The van der Waals surface area contributed by atoms with Gasteiger partial charge in [-0.05, 0) is 32.5 Å². The molecule has 0 unspecified atom stereocenters. The van der Waals surface area contributed by atoms with E-state index in [2.05, 4.69) is 16.9 Å². The van der Waals surface area contributed by atoms with Crippen LogP contribution in [-0.4, -0.2) is 66.6 Å². The second-order valence-electron chi connectivity index (χ2n) is 6.36. The molecule has 0 saturated carbocycles. The van der Waals surface area contributed by atoms with Crippen LogP contribution in [0.15, 0.2) is 12.3 Å². The Morgan fingerprint density at radius 2 is 2.10 bits per heavy atom. The van der Waals surface area contributed by atoms with Gasteiger partial charge in [0.05, 0.1) is 24.8 Å². The van der Waals surface area contributed by atoms with Crippen LogP contribution in [0.1, 0.15) is 21.6 Å². The number of aromatic nitrogens is 1. The van der Waals surface area contributed by atoms with Crippen LogP contribution < -0.4 is 0 Å². The number of nitrogens with zero attached hydrogens (tertiary/aromatic N) is 3. The molecule has 0 N–H and O–H groups in total. The van der Waals surface area contributed by atoms with Crippen molar-refractivity contribution in [1.82, 2.24) is 14.8 Å². The Bertz CT molecular complexity index is 546. The molecule has 2 saturated heterocycles. The number of aryl methyl sites for hydroxylation is 2. The average Bonchev–Trinajstić information content (AvgIpc) is 2.71. The molecule has 1 amide bonds. The molecule has 114 valence electrons. The highest BCUT2D eigenvalue weighted by atomic mass is 16.5. The lowest BCUT2D eigenvalue weighted by Crippen LogP contribution is -2.46. The molecule has 0 aliphatic carbocycles. The Labute approximate surface area is 125 Å². The summed E-state index contributed by atoms with van der Waals surface area (Å²) < 4.78 is 5.73. The number of hydrogen-bond donors (Lipinski definition) is 0. The van der Waals surface area contributed by atoms with E-state index in [9.17, 15) is 4.79 Å². The van der Waals surface area contributed by atoms with Crippen molar-refractivity contribution in [3.63, 3.8) is 0 Å². The van der Waals surface area contributed by atoms with E-state index in [1.165, 1.54) is 0 Å². The van der Waals surface area contributed by atoms with Gasteiger partial charge in [0, 0.05) is 37.4 Å². The van der Waals surface area contributed by atoms with Crippen molar-refractivity contribution in [2.45, 2.75) is 19.9 Å². The van der Waals surface area contributed by atoms with E-state index in [1.807, 2.05) is 24.8 Å². The van der Waals surface area contributed by atoms with Crippen molar-refractivity contribution < 1.29 is 9.53 Å². The van der Waals surface area contributed by atoms with Crippen LogP contribution in [0.5, 0.6) is 0 Å². The van der Waals surface area contributed by atoms with Gasteiger partial charge >= 0.3 is 0 Å². The van der Waals surface area contributed by atoms with E-state index in [1.54, 1.807) is 6.20 Å². The SMILES string of the molecule is Cc1cc(C(=O)N2C[C@H]3COC[C@@H]2CN(C)C3)cnc1C. The van der Waals surface area contributed by atoms with Gasteiger partial charge in [0.2, 0.25) is 0 Å². The van der Waals surface area contributed by atoms with E-state index < -0.39 is 0 Å². The third kappa shape index (κ3) is 2.94. The number of hydrogen-bond acceptors (Lipinski definition) is 4. The molecule has 3 heterocycles. The van der Waals surface area contributed by atoms with Crippen molar-refractivity contribution in [3.05, 3.63) is 29.1 Å². The summed E-state index contributed by atoms with van der Waals surface area (Å²) in [6.07, 6.45) is 1.70. The lowest BCUT2D eigenvalue weighted by Gasteiger charge is -2.29. The molecule has 0 radical (unpaired) electrons. The second kappa shape index (κ2) is 5.73. The number of amides is 1. The van der Waals surface area contributed by atoms with Crippen LogP contribution in [0.3, 0.4) is 0 Å². The number of carbonyl (C=O) groups excluding carboxylic acids is 1. The maximum Gasteiger partial charge on any atom is 0.255 e. The van der Waals surface area contributed by atoms with E-state index in [0.29, 0.717) is 18.1 Å². The predicted molar refractivity (Wildman–Crippen MR) is 80.3 cm³/mol. The van der Waals surface area contributed by atoms with Crippen molar-refractivity contribution in [1.29, 1.82) is 0 Å². The highest BCUT2D eigenvalue weighted by Crippen LogP contribution is 2.21. The van der Waals surface area contributed by atoms with Crippen LogP contribution in [0, 0.1) is 19.8 Å². The monoisotopic (exact) mass is 289 g/mol. The molecule has 2 fully saturated rings. The van der Waals surface area contributed by atoms with E-state index in [4.69, 9.17) is 4.74 Å². The van der Waals surface area contributed by atoms with E-state index >= 15 is 0 Å². The third-order valence-corrected chi connectivity index (χ3v) is 4.50. The van der Waals surface area contributed by atoms with Gasteiger partial charge in [0.1, 0.15) is 0 Å². The fourth-order valence-electron chi connectivity index (χ4n) is 3.25. The highest BCUT2D eigenvalue weighted by molar-refractivity contribution is 5.94. The Hall–Kier alpha value is -1.46. The fourth-order valence-corrected chi connectivity index (χ4v) is 3.25. The quantitative estimate of drug-likeness (QED) is 0.777. The summed E-state index contributed by atoms with van der Waals surface area (Å²) in [5.74, 6) is 0.479. The van der Waals surface area contributed by atoms with Gasteiger partial charge in [-0.1, -0.05) is 0 Å². The first-order chi connectivity index (χ1) is 10.0. The molecular formula is C16H23N3O2. The minimum atomic E-state index is 0.0846. The van der Waals surface area contributed by atoms with Gasteiger partial charge in [-0.15, -0.1) is 0 Å². The van der Waals surface area contributed by atoms with Gasteiger partial charge in [-0.3, -0.25) is 9.78 Å². The molecule has 1 aromatic rings. The normalized spacial score (nSPS) is 26.5. The number of pyridine rings is 1. The number of fused-ring (bicyclic) bond motifs is 3. The first-order valence-electron chi connectivity index (χ1n) is 7.55. The lowest BCUT2D eigenvalue weighted by atomic mass is 10.1. The Morgan fingerprint density at radius 1 is 1.29 bits per heavy atom. The van der Waals surface area contributed by atoms with Gasteiger partial charge in [0.15, 0.2) is 0 Å². The Morgan fingerprint density at radius 3 is 2.86 bits per heavy atom. The van der Waals surface area contributed by atoms with E-state index in [0.717, 1.165) is 37.5 Å². The molecule has 1 aromatic heterocycles. The number of likely N-dealkylation sites (N-methyl/N-ethyl adjacent to an activating group) is 1. The summed E-state index contributed by atoms with van der Waals surface area (Å²) >= 11 is 0. The largest absolute Gasteiger partial charge is 0.379 e. The zero-order valence-corrected chi connectivity index (χ0v) is 13.0. The van der Waals surface area contributed by atoms with Gasteiger partial charge < -0.3 is 14.5 Å². The molecule has 2 aliphatic heterocycles.